The molecule has 0 aromatic heterocycles. The van der Waals surface area contributed by atoms with Gasteiger partial charge in [-0.1, -0.05) is 13.3 Å². The van der Waals surface area contributed by atoms with Gasteiger partial charge in [0.1, 0.15) is 0 Å². The molecule has 0 spiro atoms. The average molecular weight is 181 g/mol. The molecule has 1 fully saturated rings. The van der Waals surface area contributed by atoms with Crippen molar-refractivity contribution in [1.82, 2.24) is 4.90 Å². The minimum atomic E-state index is 0.553. The first-order valence-corrected chi connectivity index (χ1v) is 5.14. The Kier molecular flexibility index (Phi) is 4.20. The zero-order chi connectivity index (χ0) is 9.68. The van der Waals surface area contributed by atoms with Gasteiger partial charge in [0.15, 0.2) is 0 Å². The van der Waals surface area contributed by atoms with Gasteiger partial charge in [0.05, 0.1) is 12.6 Å². The van der Waals surface area contributed by atoms with Crippen LogP contribution in [0.1, 0.15) is 26.2 Å². The van der Waals surface area contributed by atoms with Crippen LogP contribution in [0.2, 0.25) is 0 Å². The van der Waals surface area contributed by atoms with Crippen molar-refractivity contribution >= 4 is 0 Å². The number of nitrogens with zero attached hydrogens (tertiary/aromatic N) is 2. The van der Waals surface area contributed by atoms with Crippen molar-refractivity contribution in [3.63, 3.8) is 0 Å². The minimum Gasteiger partial charge on any atom is -0.330 e. The maximum atomic E-state index is 8.66. The molecule has 0 amide bonds. The lowest BCUT2D eigenvalue weighted by Gasteiger charge is -2.29. The number of hydrogen-bond acceptors (Lipinski definition) is 3. The molecular weight excluding hydrogens is 162 g/mol. The largest absolute Gasteiger partial charge is 0.330 e. The molecule has 0 aromatic rings. The molecule has 1 saturated carbocycles. The highest BCUT2D eigenvalue weighted by Crippen LogP contribution is 2.28. The van der Waals surface area contributed by atoms with Gasteiger partial charge in [0.2, 0.25) is 0 Å². The second-order valence-corrected chi connectivity index (χ2v) is 3.72. The fourth-order valence-corrected chi connectivity index (χ4v) is 2.33. The first kappa shape index (κ1) is 10.5. The van der Waals surface area contributed by atoms with Gasteiger partial charge in [0.25, 0.3) is 0 Å². The third kappa shape index (κ3) is 2.43. The van der Waals surface area contributed by atoms with E-state index in [0.717, 1.165) is 13.1 Å². The van der Waals surface area contributed by atoms with Gasteiger partial charge in [-0.2, -0.15) is 5.26 Å². The first-order valence-electron chi connectivity index (χ1n) is 5.14. The third-order valence-electron chi connectivity index (χ3n) is 3.07. The van der Waals surface area contributed by atoms with Crippen LogP contribution < -0.4 is 5.73 Å². The SMILES string of the molecule is CCN(CC#N)C1CCCC1CN. The molecule has 3 nitrogen and oxygen atoms in total. The maximum Gasteiger partial charge on any atom is 0.0868 e. The molecule has 0 radical (unpaired) electrons. The van der Waals surface area contributed by atoms with Crippen LogP contribution in [0.15, 0.2) is 0 Å². The highest BCUT2D eigenvalue weighted by atomic mass is 15.2. The Morgan fingerprint density at radius 3 is 2.85 bits per heavy atom. The molecule has 0 saturated heterocycles. The highest BCUT2D eigenvalue weighted by Gasteiger charge is 2.29. The maximum absolute atomic E-state index is 8.66. The van der Waals surface area contributed by atoms with E-state index in [1.54, 1.807) is 0 Å². The van der Waals surface area contributed by atoms with Crippen molar-refractivity contribution in [2.75, 3.05) is 19.6 Å². The van der Waals surface area contributed by atoms with E-state index in [1.165, 1.54) is 19.3 Å². The Morgan fingerprint density at radius 2 is 2.31 bits per heavy atom. The molecule has 0 aromatic carbocycles. The first-order chi connectivity index (χ1) is 6.33. The molecule has 13 heavy (non-hydrogen) atoms. The highest BCUT2D eigenvalue weighted by molar-refractivity contribution is 4.89. The van der Waals surface area contributed by atoms with Crippen LogP contribution in [0.4, 0.5) is 0 Å². The molecule has 0 heterocycles. The van der Waals surface area contributed by atoms with E-state index in [9.17, 15) is 0 Å². The summed E-state index contributed by atoms with van der Waals surface area (Å²) in [7, 11) is 0. The predicted molar refractivity (Wildman–Crippen MR) is 53.0 cm³/mol. The fraction of sp³-hybridized carbons (Fsp3) is 0.900. The van der Waals surface area contributed by atoms with Gasteiger partial charge < -0.3 is 5.73 Å². The van der Waals surface area contributed by atoms with E-state index in [4.69, 9.17) is 11.0 Å². The van der Waals surface area contributed by atoms with Crippen LogP contribution in [0, 0.1) is 17.2 Å². The summed E-state index contributed by atoms with van der Waals surface area (Å²) in [4.78, 5) is 2.25. The molecule has 3 heteroatoms. The second-order valence-electron chi connectivity index (χ2n) is 3.72. The standard InChI is InChI=1S/C10H19N3/c1-2-13(7-6-11)10-5-3-4-9(10)8-12/h9-10H,2-5,7-8,12H2,1H3. The van der Waals surface area contributed by atoms with Crippen LogP contribution in [0.25, 0.3) is 0 Å². The summed E-state index contributed by atoms with van der Waals surface area (Å²) < 4.78 is 0. The molecular formula is C10H19N3. The van der Waals surface area contributed by atoms with E-state index in [1.807, 2.05) is 0 Å². The summed E-state index contributed by atoms with van der Waals surface area (Å²) in [5.41, 5.74) is 5.70. The van der Waals surface area contributed by atoms with E-state index < -0.39 is 0 Å². The van der Waals surface area contributed by atoms with Crippen molar-refractivity contribution in [3.05, 3.63) is 0 Å². The van der Waals surface area contributed by atoms with Gasteiger partial charge >= 0.3 is 0 Å². The van der Waals surface area contributed by atoms with Gasteiger partial charge in [0, 0.05) is 6.04 Å². The molecule has 2 atom stereocenters. The topological polar surface area (TPSA) is 53.0 Å². The van der Waals surface area contributed by atoms with Crippen molar-refractivity contribution in [2.24, 2.45) is 11.7 Å². The Balaban J connectivity index is 2.52. The molecule has 2 unspecified atom stereocenters. The van der Waals surface area contributed by atoms with Crippen LogP contribution in [0.3, 0.4) is 0 Å². The number of rotatable bonds is 4. The van der Waals surface area contributed by atoms with E-state index >= 15 is 0 Å². The smallest absolute Gasteiger partial charge is 0.0868 e. The fourth-order valence-electron chi connectivity index (χ4n) is 2.33. The molecule has 2 N–H and O–H groups in total. The molecule has 1 aliphatic rings. The second kappa shape index (κ2) is 5.21. The van der Waals surface area contributed by atoms with Gasteiger partial charge in [-0.15, -0.1) is 0 Å². The number of nitrogens with two attached hydrogens (primary N) is 1. The van der Waals surface area contributed by atoms with Crippen molar-refractivity contribution in [3.8, 4) is 6.07 Å². The lowest BCUT2D eigenvalue weighted by molar-refractivity contribution is 0.191. The molecule has 0 aliphatic heterocycles. The van der Waals surface area contributed by atoms with Crippen molar-refractivity contribution in [1.29, 1.82) is 5.26 Å². The van der Waals surface area contributed by atoms with Crippen LogP contribution in [-0.2, 0) is 0 Å². The summed E-state index contributed by atoms with van der Waals surface area (Å²) in [5, 5.41) is 8.66. The molecule has 1 aliphatic carbocycles. The summed E-state index contributed by atoms with van der Waals surface area (Å²) in [5.74, 6) is 0.619. The Hall–Kier alpha value is -0.590. The number of hydrogen-bond donors (Lipinski definition) is 1. The zero-order valence-electron chi connectivity index (χ0n) is 8.37. The van der Waals surface area contributed by atoms with E-state index in [0.29, 0.717) is 18.5 Å². The average Bonchev–Trinajstić information content (AvgIpc) is 2.61. The summed E-state index contributed by atoms with van der Waals surface area (Å²) in [6.45, 7) is 4.40. The zero-order valence-corrected chi connectivity index (χ0v) is 8.37. The van der Waals surface area contributed by atoms with Crippen molar-refractivity contribution < 1.29 is 0 Å². The lowest BCUT2D eigenvalue weighted by Crippen LogP contribution is -2.40. The Labute approximate surface area is 80.5 Å². The molecule has 0 bridgehead atoms. The predicted octanol–water partition coefficient (Wildman–Crippen LogP) is 0.959. The molecule has 74 valence electrons. The van der Waals surface area contributed by atoms with Gasteiger partial charge in [-0.05, 0) is 31.8 Å². The lowest BCUT2D eigenvalue weighted by atomic mass is 10.0. The number of nitriles is 1. The summed E-state index contributed by atoms with van der Waals surface area (Å²) >= 11 is 0. The van der Waals surface area contributed by atoms with Crippen LogP contribution >= 0.6 is 0 Å². The van der Waals surface area contributed by atoms with Crippen LogP contribution in [-0.4, -0.2) is 30.6 Å². The van der Waals surface area contributed by atoms with E-state index in [-0.39, 0.29) is 0 Å². The van der Waals surface area contributed by atoms with Gasteiger partial charge in [-0.25, -0.2) is 0 Å². The van der Waals surface area contributed by atoms with Gasteiger partial charge in [-0.3, -0.25) is 4.90 Å². The van der Waals surface area contributed by atoms with Crippen molar-refractivity contribution in [2.45, 2.75) is 32.2 Å². The van der Waals surface area contributed by atoms with E-state index in [2.05, 4.69) is 17.9 Å². The minimum absolute atomic E-state index is 0.553. The summed E-state index contributed by atoms with van der Waals surface area (Å²) in [6, 6.07) is 2.79. The Bertz CT molecular complexity index is 185. The summed E-state index contributed by atoms with van der Waals surface area (Å²) in [6.07, 6.45) is 3.73. The normalized spacial score (nSPS) is 27.8. The third-order valence-corrected chi connectivity index (χ3v) is 3.07. The Morgan fingerprint density at radius 1 is 1.54 bits per heavy atom. The molecule has 1 rings (SSSR count). The quantitative estimate of drug-likeness (QED) is 0.657. The monoisotopic (exact) mass is 181 g/mol. The van der Waals surface area contributed by atoms with Crippen LogP contribution in [0.5, 0.6) is 0 Å².